The van der Waals surface area contributed by atoms with Gasteiger partial charge in [-0.25, -0.2) is 0 Å². The van der Waals surface area contributed by atoms with E-state index in [-0.39, 0.29) is 17.9 Å². The molecule has 1 N–H and O–H groups in total. The maximum atomic E-state index is 12.8. The summed E-state index contributed by atoms with van der Waals surface area (Å²) in [6.07, 6.45) is -0.233. The summed E-state index contributed by atoms with van der Waals surface area (Å²) in [4.78, 5) is 12.8. The lowest BCUT2D eigenvalue weighted by Gasteiger charge is -2.29. The minimum absolute atomic E-state index is 0.143. The van der Waals surface area contributed by atoms with Crippen LogP contribution in [0.25, 0.3) is 0 Å². The van der Waals surface area contributed by atoms with E-state index in [1.807, 2.05) is 6.92 Å². The molecule has 2 saturated heterocycles. The average molecular weight is 411 g/mol. The maximum Gasteiger partial charge on any atom is 0.251 e. The van der Waals surface area contributed by atoms with Crippen LogP contribution in [0.15, 0.2) is 12.1 Å². The van der Waals surface area contributed by atoms with Gasteiger partial charge in [-0.15, -0.1) is 0 Å². The van der Waals surface area contributed by atoms with Crippen molar-refractivity contribution >= 4 is 5.91 Å². The third-order valence-electron chi connectivity index (χ3n) is 4.92. The van der Waals surface area contributed by atoms with Crippen molar-refractivity contribution in [2.24, 2.45) is 5.92 Å². The number of hydrogen-bond donors (Lipinski definition) is 1. The fraction of sp³-hybridized carbons (Fsp3) is 0.650. The molecule has 29 heavy (non-hydrogen) atoms. The molecule has 2 fully saturated rings. The molecule has 2 heterocycles. The fourth-order valence-electron chi connectivity index (χ4n) is 3.58. The number of ether oxygens (including phenoxy) is 7. The molecule has 0 spiro atoms. The molecular weight excluding hydrogens is 382 g/mol. The van der Waals surface area contributed by atoms with Gasteiger partial charge in [0.2, 0.25) is 5.75 Å². The van der Waals surface area contributed by atoms with Crippen molar-refractivity contribution in [3.05, 3.63) is 17.7 Å². The van der Waals surface area contributed by atoms with Gasteiger partial charge in [0.1, 0.15) is 0 Å². The zero-order chi connectivity index (χ0) is 20.8. The van der Waals surface area contributed by atoms with Crippen LogP contribution in [0.1, 0.15) is 23.7 Å². The smallest absolute Gasteiger partial charge is 0.251 e. The molecule has 0 bridgehead atoms. The summed E-state index contributed by atoms with van der Waals surface area (Å²) in [5.74, 6) is 0.879. The Balaban J connectivity index is 1.69. The first-order valence-electron chi connectivity index (χ1n) is 9.64. The normalized spacial score (nSPS) is 18.8. The lowest BCUT2D eigenvalue weighted by atomic mass is 9.98. The number of carbonyl (C=O) groups excluding carboxylic acids is 1. The number of nitrogens with one attached hydrogen (secondary N) is 1. The largest absolute Gasteiger partial charge is 0.493 e. The number of hydrogen-bond acceptors (Lipinski definition) is 8. The van der Waals surface area contributed by atoms with Crippen molar-refractivity contribution < 1.29 is 38.0 Å². The molecule has 3 rings (SSSR count). The van der Waals surface area contributed by atoms with Crippen LogP contribution in [0.4, 0.5) is 0 Å². The molecule has 0 aromatic heterocycles. The molecule has 9 nitrogen and oxygen atoms in total. The Hall–Kier alpha value is -2.07. The molecule has 162 valence electrons. The molecule has 1 unspecified atom stereocenters. The van der Waals surface area contributed by atoms with Gasteiger partial charge in [-0.3, -0.25) is 4.79 Å². The summed E-state index contributed by atoms with van der Waals surface area (Å²) in [6.45, 7) is 4.09. The highest BCUT2D eigenvalue weighted by atomic mass is 16.7. The summed E-state index contributed by atoms with van der Waals surface area (Å²) in [5.41, 5.74) is 0.407. The highest BCUT2D eigenvalue weighted by Gasteiger charge is 2.38. The van der Waals surface area contributed by atoms with Crippen molar-refractivity contribution in [2.75, 3.05) is 47.8 Å². The average Bonchev–Trinajstić information content (AvgIpc) is 3.45. The van der Waals surface area contributed by atoms with Crippen LogP contribution in [0, 0.1) is 5.92 Å². The zero-order valence-corrected chi connectivity index (χ0v) is 17.3. The van der Waals surface area contributed by atoms with Crippen LogP contribution >= 0.6 is 0 Å². The predicted octanol–water partition coefficient (Wildman–Crippen LogP) is 1.58. The second-order valence-electron chi connectivity index (χ2n) is 6.91. The van der Waals surface area contributed by atoms with E-state index in [0.717, 1.165) is 0 Å². The van der Waals surface area contributed by atoms with E-state index in [2.05, 4.69) is 5.32 Å². The summed E-state index contributed by atoms with van der Waals surface area (Å²) < 4.78 is 38.6. The van der Waals surface area contributed by atoms with Gasteiger partial charge in [-0.2, -0.15) is 0 Å². The molecule has 1 aromatic carbocycles. The Morgan fingerprint density at radius 3 is 1.86 bits per heavy atom. The third kappa shape index (κ3) is 5.11. The molecule has 9 heteroatoms. The molecule has 1 aromatic rings. The number of amides is 1. The molecule has 0 saturated carbocycles. The highest BCUT2D eigenvalue weighted by molar-refractivity contribution is 5.95. The quantitative estimate of drug-likeness (QED) is 0.655. The standard InChI is InChI=1S/C20H29NO8/c1-12(9-14(19-26-5-6-27-19)20-28-7-8-29-20)21-18(22)13-10-15(23-2)17(25-4)16(11-13)24-3/h10-12,14,19-20H,5-9H2,1-4H3,(H,21,22). The Bertz CT molecular complexity index is 644. The monoisotopic (exact) mass is 411 g/mol. The number of rotatable bonds is 9. The minimum atomic E-state index is -0.404. The Kier molecular flexibility index (Phi) is 7.54. The minimum Gasteiger partial charge on any atom is -0.493 e. The second-order valence-corrected chi connectivity index (χ2v) is 6.91. The first-order chi connectivity index (χ1) is 14.1. The molecule has 1 amide bonds. The van der Waals surface area contributed by atoms with Crippen molar-refractivity contribution in [1.29, 1.82) is 0 Å². The van der Waals surface area contributed by atoms with Crippen molar-refractivity contribution in [1.82, 2.24) is 5.32 Å². The molecule has 0 aliphatic carbocycles. The van der Waals surface area contributed by atoms with Crippen LogP contribution < -0.4 is 19.5 Å². The summed E-state index contributed by atoms with van der Waals surface area (Å²) in [7, 11) is 4.54. The van der Waals surface area contributed by atoms with E-state index in [1.165, 1.54) is 21.3 Å². The van der Waals surface area contributed by atoms with Gasteiger partial charge >= 0.3 is 0 Å². The van der Waals surface area contributed by atoms with Crippen molar-refractivity contribution in [3.8, 4) is 17.2 Å². The third-order valence-corrected chi connectivity index (χ3v) is 4.92. The molecule has 1 atom stereocenters. The van der Waals surface area contributed by atoms with Crippen LogP contribution in [0.5, 0.6) is 17.2 Å². The maximum absolute atomic E-state index is 12.8. The van der Waals surface area contributed by atoms with E-state index >= 15 is 0 Å². The van der Waals surface area contributed by atoms with Gasteiger partial charge in [-0.1, -0.05) is 0 Å². The molecule has 2 aliphatic rings. The van der Waals surface area contributed by atoms with Crippen LogP contribution in [-0.2, 0) is 18.9 Å². The first kappa shape index (κ1) is 21.6. The van der Waals surface area contributed by atoms with Crippen LogP contribution in [0.2, 0.25) is 0 Å². The number of carbonyl (C=O) groups is 1. The first-order valence-corrected chi connectivity index (χ1v) is 9.64. The Labute approximate surface area is 170 Å². The lowest BCUT2D eigenvalue weighted by molar-refractivity contribution is -0.177. The predicted molar refractivity (Wildman–Crippen MR) is 103 cm³/mol. The number of methoxy groups -OCH3 is 3. The van der Waals surface area contributed by atoms with Gasteiger partial charge in [0.15, 0.2) is 24.1 Å². The topological polar surface area (TPSA) is 93.7 Å². The van der Waals surface area contributed by atoms with Crippen LogP contribution in [-0.4, -0.2) is 72.3 Å². The van der Waals surface area contributed by atoms with Gasteiger partial charge in [0.25, 0.3) is 5.91 Å². The van der Waals surface area contributed by atoms with Crippen LogP contribution in [0.3, 0.4) is 0 Å². The van der Waals surface area contributed by atoms with E-state index < -0.39 is 12.6 Å². The highest BCUT2D eigenvalue weighted by Crippen LogP contribution is 2.38. The van der Waals surface area contributed by atoms with E-state index in [9.17, 15) is 4.79 Å². The molecule has 2 aliphatic heterocycles. The Morgan fingerprint density at radius 2 is 1.45 bits per heavy atom. The number of benzene rings is 1. The zero-order valence-electron chi connectivity index (χ0n) is 17.3. The van der Waals surface area contributed by atoms with E-state index in [1.54, 1.807) is 12.1 Å². The Morgan fingerprint density at radius 1 is 0.966 bits per heavy atom. The lowest BCUT2D eigenvalue weighted by Crippen LogP contribution is -2.41. The van der Waals surface area contributed by atoms with Crippen molar-refractivity contribution in [2.45, 2.75) is 32.0 Å². The fourth-order valence-corrected chi connectivity index (χ4v) is 3.58. The van der Waals surface area contributed by atoms with Gasteiger partial charge in [-0.05, 0) is 25.5 Å². The summed E-state index contributed by atoms with van der Waals surface area (Å²) in [6, 6.07) is 3.06. The molecule has 0 radical (unpaired) electrons. The van der Waals surface area contributed by atoms with Crippen molar-refractivity contribution in [3.63, 3.8) is 0 Å². The van der Waals surface area contributed by atoms with E-state index in [4.69, 9.17) is 33.2 Å². The summed E-state index contributed by atoms with van der Waals surface area (Å²) in [5, 5.41) is 3.00. The van der Waals surface area contributed by atoms with Gasteiger partial charge in [0.05, 0.1) is 53.7 Å². The van der Waals surface area contributed by atoms with Gasteiger partial charge < -0.3 is 38.5 Å². The van der Waals surface area contributed by atoms with E-state index in [0.29, 0.717) is 55.7 Å². The second kappa shape index (κ2) is 10.1. The summed E-state index contributed by atoms with van der Waals surface area (Å²) >= 11 is 0. The molecular formula is C20H29NO8. The van der Waals surface area contributed by atoms with Gasteiger partial charge in [0, 0.05) is 11.6 Å². The SMILES string of the molecule is COc1cc(C(=O)NC(C)CC(C2OCCO2)C2OCCO2)cc(OC)c1OC.